The van der Waals surface area contributed by atoms with Gasteiger partial charge in [-0.2, -0.15) is 0 Å². The fourth-order valence-corrected chi connectivity index (χ4v) is 1.81. The van der Waals surface area contributed by atoms with Gasteiger partial charge in [0.05, 0.1) is 6.61 Å². The molecule has 0 aromatic heterocycles. The number of hydrogen-bond donors (Lipinski definition) is 1. The summed E-state index contributed by atoms with van der Waals surface area (Å²) < 4.78 is 10.7. The Hall–Kier alpha value is -1.59. The molecular formula is C16H26N2O3. The number of ether oxygens (including phenoxy) is 2. The molecule has 1 rings (SSSR count). The third kappa shape index (κ3) is 6.14. The van der Waals surface area contributed by atoms with Crippen molar-refractivity contribution in [3.8, 4) is 5.75 Å². The first-order valence-corrected chi connectivity index (χ1v) is 7.24. The summed E-state index contributed by atoms with van der Waals surface area (Å²) in [5.41, 5.74) is 2.22. The Labute approximate surface area is 127 Å². The predicted molar refractivity (Wildman–Crippen MR) is 83.6 cm³/mol. The van der Waals surface area contributed by atoms with E-state index in [4.69, 9.17) is 9.47 Å². The molecule has 0 radical (unpaired) electrons. The number of amides is 1. The van der Waals surface area contributed by atoms with E-state index >= 15 is 0 Å². The highest BCUT2D eigenvalue weighted by atomic mass is 16.5. The Morgan fingerprint density at radius 3 is 2.81 bits per heavy atom. The number of benzene rings is 1. The quantitative estimate of drug-likeness (QED) is 0.703. The zero-order valence-electron chi connectivity index (χ0n) is 13.4. The zero-order valence-corrected chi connectivity index (χ0v) is 13.4. The van der Waals surface area contributed by atoms with E-state index in [9.17, 15) is 4.79 Å². The Morgan fingerprint density at radius 1 is 1.38 bits per heavy atom. The molecule has 0 saturated heterocycles. The highest BCUT2D eigenvalue weighted by Gasteiger charge is 2.10. The maximum absolute atomic E-state index is 11.8. The van der Waals surface area contributed by atoms with Crippen LogP contribution in [0.3, 0.4) is 0 Å². The molecule has 0 unspecified atom stereocenters. The highest BCUT2D eigenvalue weighted by Crippen LogP contribution is 2.20. The van der Waals surface area contributed by atoms with E-state index in [0.717, 1.165) is 17.9 Å². The molecule has 1 aromatic rings. The number of rotatable bonds is 9. The van der Waals surface area contributed by atoms with Gasteiger partial charge in [-0.3, -0.25) is 4.79 Å². The lowest BCUT2D eigenvalue weighted by molar-refractivity contribution is -0.131. The molecule has 0 aliphatic heterocycles. The molecule has 21 heavy (non-hydrogen) atoms. The van der Waals surface area contributed by atoms with E-state index in [1.54, 1.807) is 19.1 Å². The molecule has 118 valence electrons. The molecule has 1 N–H and O–H groups in total. The molecule has 1 aromatic carbocycles. The molecule has 0 atom stereocenters. The number of methoxy groups -OCH3 is 1. The van der Waals surface area contributed by atoms with Crippen LogP contribution in [0.1, 0.15) is 18.1 Å². The van der Waals surface area contributed by atoms with Crippen LogP contribution in [0.5, 0.6) is 5.75 Å². The number of aryl methyl sites for hydroxylation is 1. The van der Waals surface area contributed by atoms with E-state index in [1.165, 1.54) is 5.56 Å². The van der Waals surface area contributed by atoms with Crippen LogP contribution < -0.4 is 10.1 Å². The van der Waals surface area contributed by atoms with Crippen molar-refractivity contribution in [1.29, 1.82) is 0 Å². The SMILES string of the molecule is CCN(C)C(=O)COc1ccc(C)cc1CNCCOC. The van der Waals surface area contributed by atoms with Crippen LogP contribution in [0.2, 0.25) is 0 Å². The summed E-state index contributed by atoms with van der Waals surface area (Å²) in [5, 5.41) is 3.29. The monoisotopic (exact) mass is 294 g/mol. The smallest absolute Gasteiger partial charge is 0.260 e. The minimum atomic E-state index is -0.0173. The second kappa shape index (κ2) is 9.37. The van der Waals surface area contributed by atoms with Crippen molar-refractivity contribution in [3.05, 3.63) is 29.3 Å². The molecule has 0 aliphatic rings. The van der Waals surface area contributed by atoms with Gasteiger partial charge in [0.2, 0.25) is 0 Å². The Morgan fingerprint density at radius 2 is 2.14 bits per heavy atom. The van der Waals surface area contributed by atoms with Crippen molar-refractivity contribution in [2.45, 2.75) is 20.4 Å². The number of nitrogens with one attached hydrogen (secondary N) is 1. The van der Waals surface area contributed by atoms with Gasteiger partial charge in [-0.25, -0.2) is 0 Å². The van der Waals surface area contributed by atoms with Gasteiger partial charge in [0, 0.05) is 39.4 Å². The first-order chi connectivity index (χ1) is 10.1. The molecule has 0 fully saturated rings. The maximum Gasteiger partial charge on any atom is 0.260 e. The average Bonchev–Trinajstić information content (AvgIpc) is 2.49. The van der Waals surface area contributed by atoms with E-state index < -0.39 is 0 Å². The van der Waals surface area contributed by atoms with Crippen LogP contribution in [-0.4, -0.2) is 51.3 Å². The molecule has 0 heterocycles. The van der Waals surface area contributed by atoms with Crippen molar-refractivity contribution < 1.29 is 14.3 Å². The van der Waals surface area contributed by atoms with Gasteiger partial charge in [0.1, 0.15) is 5.75 Å². The maximum atomic E-state index is 11.8. The number of likely N-dealkylation sites (N-methyl/N-ethyl adjacent to an activating group) is 1. The van der Waals surface area contributed by atoms with Crippen LogP contribution in [0, 0.1) is 6.92 Å². The fourth-order valence-electron chi connectivity index (χ4n) is 1.81. The van der Waals surface area contributed by atoms with Gasteiger partial charge in [-0.1, -0.05) is 17.7 Å². The van der Waals surface area contributed by atoms with Gasteiger partial charge in [-0.15, -0.1) is 0 Å². The topological polar surface area (TPSA) is 50.8 Å². The Balaban J connectivity index is 2.61. The molecule has 0 aliphatic carbocycles. The minimum Gasteiger partial charge on any atom is -0.483 e. The summed E-state index contributed by atoms with van der Waals surface area (Å²) in [5.74, 6) is 0.736. The van der Waals surface area contributed by atoms with E-state index in [2.05, 4.69) is 11.4 Å². The third-order valence-electron chi connectivity index (χ3n) is 3.27. The number of carbonyl (C=O) groups is 1. The standard InChI is InChI=1S/C16H26N2O3/c1-5-18(3)16(19)12-21-15-7-6-13(2)10-14(15)11-17-8-9-20-4/h6-7,10,17H,5,8-9,11-12H2,1-4H3. The van der Waals surface area contributed by atoms with Crippen molar-refractivity contribution in [3.63, 3.8) is 0 Å². The van der Waals surface area contributed by atoms with E-state index in [1.807, 2.05) is 26.0 Å². The summed E-state index contributed by atoms with van der Waals surface area (Å²) in [6, 6.07) is 5.98. The van der Waals surface area contributed by atoms with Crippen molar-refractivity contribution >= 4 is 5.91 Å². The Bertz CT molecular complexity index is 449. The van der Waals surface area contributed by atoms with Crippen molar-refractivity contribution in [2.24, 2.45) is 0 Å². The molecular weight excluding hydrogens is 268 g/mol. The van der Waals surface area contributed by atoms with Crippen LogP contribution in [0.25, 0.3) is 0 Å². The van der Waals surface area contributed by atoms with Crippen LogP contribution in [0.15, 0.2) is 18.2 Å². The van der Waals surface area contributed by atoms with Crippen LogP contribution >= 0.6 is 0 Å². The molecule has 5 heteroatoms. The van der Waals surface area contributed by atoms with Gasteiger partial charge in [0.25, 0.3) is 5.91 Å². The summed E-state index contributed by atoms with van der Waals surface area (Å²) >= 11 is 0. The summed E-state index contributed by atoms with van der Waals surface area (Å²) in [6.07, 6.45) is 0. The largest absolute Gasteiger partial charge is 0.483 e. The first kappa shape index (κ1) is 17.5. The van der Waals surface area contributed by atoms with Gasteiger partial charge in [0.15, 0.2) is 6.61 Å². The van der Waals surface area contributed by atoms with Crippen molar-refractivity contribution in [1.82, 2.24) is 10.2 Å². The number of nitrogens with zero attached hydrogens (tertiary/aromatic N) is 1. The molecule has 0 saturated carbocycles. The summed E-state index contributed by atoms with van der Waals surface area (Å²) in [4.78, 5) is 13.4. The van der Waals surface area contributed by atoms with Gasteiger partial charge >= 0.3 is 0 Å². The third-order valence-corrected chi connectivity index (χ3v) is 3.27. The van der Waals surface area contributed by atoms with E-state index in [0.29, 0.717) is 19.7 Å². The fraction of sp³-hybridized carbons (Fsp3) is 0.562. The molecule has 0 bridgehead atoms. The van der Waals surface area contributed by atoms with Gasteiger partial charge in [-0.05, 0) is 19.9 Å². The van der Waals surface area contributed by atoms with Crippen LogP contribution in [-0.2, 0) is 16.1 Å². The molecule has 5 nitrogen and oxygen atoms in total. The number of hydrogen-bond acceptors (Lipinski definition) is 4. The average molecular weight is 294 g/mol. The Kier molecular flexibility index (Phi) is 7.79. The van der Waals surface area contributed by atoms with Gasteiger partial charge < -0.3 is 19.7 Å². The normalized spacial score (nSPS) is 10.5. The second-order valence-corrected chi connectivity index (χ2v) is 4.98. The lowest BCUT2D eigenvalue weighted by Crippen LogP contribution is -2.31. The highest BCUT2D eigenvalue weighted by molar-refractivity contribution is 5.77. The first-order valence-electron chi connectivity index (χ1n) is 7.24. The molecule has 0 spiro atoms. The predicted octanol–water partition coefficient (Wildman–Crippen LogP) is 1.59. The summed E-state index contributed by atoms with van der Waals surface area (Å²) in [6.45, 7) is 6.87. The zero-order chi connectivity index (χ0) is 15.7. The lowest BCUT2D eigenvalue weighted by Gasteiger charge is -2.17. The molecule has 1 amide bonds. The van der Waals surface area contributed by atoms with Crippen molar-refractivity contribution in [2.75, 3.05) is 40.5 Å². The van der Waals surface area contributed by atoms with E-state index in [-0.39, 0.29) is 12.5 Å². The lowest BCUT2D eigenvalue weighted by atomic mass is 10.1. The van der Waals surface area contributed by atoms with Crippen LogP contribution in [0.4, 0.5) is 0 Å². The number of carbonyl (C=O) groups excluding carboxylic acids is 1. The minimum absolute atomic E-state index is 0.0173. The second-order valence-electron chi connectivity index (χ2n) is 4.98. The summed E-state index contributed by atoms with van der Waals surface area (Å²) in [7, 11) is 3.45.